The van der Waals surface area contributed by atoms with Crippen molar-refractivity contribution in [3.63, 3.8) is 0 Å². The summed E-state index contributed by atoms with van der Waals surface area (Å²) in [4.78, 5) is 30.6. The number of rotatable bonds is 7. The van der Waals surface area contributed by atoms with Gasteiger partial charge in [-0.3, -0.25) is 9.59 Å². The number of amides is 1. The van der Waals surface area contributed by atoms with Gasteiger partial charge in [-0.05, 0) is 59.1 Å². The van der Waals surface area contributed by atoms with E-state index in [1.807, 2.05) is 92.6 Å². The van der Waals surface area contributed by atoms with Crippen LogP contribution in [-0.4, -0.2) is 71.1 Å². The first kappa shape index (κ1) is 44.0. The Labute approximate surface area is 262 Å². The predicted octanol–water partition coefficient (Wildman–Crippen LogP) is 7.58. The summed E-state index contributed by atoms with van der Waals surface area (Å²) < 4.78 is 14.4. The summed E-state index contributed by atoms with van der Waals surface area (Å²) in [5, 5.41) is 2.78. The van der Waals surface area contributed by atoms with Crippen LogP contribution in [0.5, 0.6) is 5.75 Å². The number of methoxy groups -OCH3 is 3. The quantitative estimate of drug-likeness (QED) is 0.152. The molecule has 1 N–H and O–H groups in total. The molecule has 2 rings (SSSR count). The Hall–Kier alpha value is -3.49. The molecule has 0 saturated heterocycles. The number of hydrogen-bond acceptors (Lipinski definition) is 6. The molecule has 8 heteroatoms. The van der Waals surface area contributed by atoms with Crippen LogP contribution in [0, 0.1) is 12.8 Å². The lowest BCUT2D eigenvalue weighted by Crippen LogP contribution is -2.27. The fourth-order valence-electron chi connectivity index (χ4n) is 2.59. The maximum Gasteiger partial charge on any atom is 0.260 e. The topological polar surface area (TPSA) is 89.5 Å². The number of nitrogens with one attached hydrogen (secondary N) is 1. The highest BCUT2D eigenvalue weighted by Gasteiger charge is 2.18. The molecular formula is C35H59N3O5. The Morgan fingerprint density at radius 3 is 1.79 bits per heavy atom. The third kappa shape index (κ3) is 21.8. The number of nitrogens with zero attached hydrogens (tertiary/aromatic N) is 2. The molecule has 0 fully saturated rings. The van der Waals surface area contributed by atoms with Gasteiger partial charge >= 0.3 is 0 Å². The summed E-state index contributed by atoms with van der Waals surface area (Å²) in [6, 6.07) is 17.2. The van der Waals surface area contributed by atoms with Gasteiger partial charge in [0.1, 0.15) is 23.7 Å². The molecule has 8 nitrogen and oxygen atoms in total. The largest absolute Gasteiger partial charge is 0.496 e. The lowest BCUT2D eigenvalue weighted by molar-refractivity contribution is -0.105. The number of para-hydroxylation sites is 1. The van der Waals surface area contributed by atoms with E-state index in [4.69, 9.17) is 9.47 Å². The van der Waals surface area contributed by atoms with E-state index in [1.54, 1.807) is 45.6 Å². The van der Waals surface area contributed by atoms with Crippen molar-refractivity contribution >= 4 is 18.0 Å². The van der Waals surface area contributed by atoms with Gasteiger partial charge in [0.15, 0.2) is 0 Å². The van der Waals surface area contributed by atoms with Gasteiger partial charge in [0.25, 0.3) is 5.91 Å². The number of allylic oxidation sites excluding steroid dienone is 1. The highest BCUT2D eigenvalue weighted by atomic mass is 16.5. The normalized spacial score (nSPS) is 11.6. The second-order valence-corrected chi connectivity index (χ2v) is 10.3. The molecule has 0 aliphatic heterocycles. The van der Waals surface area contributed by atoms with E-state index in [0.29, 0.717) is 22.7 Å². The molecule has 0 bridgehead atoms. The van der Waals surface area contributed by atoms with Crippen molar-refractivity contribution in [1.29, 1.82) is 0 Å². The van der Waals surface area contributed by atoms with Gasteiger partial charge in [0.2, 0.25) is 0 Å². The Balaban J connectivity index is -0.000000717. The van der Waals surface area contributed by atoms with Crippen LogP contribution in [0.25, 0.3) is 0 Å². The summed E-state index contributed by atoms with van der Waals surface area (Å²) in [5.74, 6) is 1.02. The minimum absolute atomic E-state index is 0.0239. The van der Waals surface area contributed by atoms with Crippen molar-refractivity contribution < 1.29 is 23.8 Å². The predicted molar refractivity (Wildman–Crippen MR) is 182 cm³/mol. The molecule has 0 heterocycles. The van der Waals surface area contributed by atoms with Crippen molar-refractivity contribution in [1.82, 2.24) is 10.2 Å². The molecule has 1 unspecified atom stereocenters. The Morgan fingerprint density at radius 1 is 0.977 bits per heavy atom. The second kappa shape index (κ2) is 26.2. The van der Waals surface area contributed by atoms with Crippen LogP contribution in [-0.2, 0) is 14.3 Å². The molecule has 0 spiro atoms. The first-order chi connectivity index (χ1) is 20.2. The Kier molecular flexibility index (Phi) is 26.7. The molecule has 244 valence electrons. The van der Waals surface area contributed by atoms with Crippen LogP contribution in [0.3, 0.4) is 0 Å². The lowest BCUT2D eigenvalue weighted by Gasteiger charge is -2.17. The number of benzene rings is 2. The minimum atomic E-state index is -0.370. The van der Waals surface area contributed by atoms with Crippen molar-refractivity contribution in [2.75, 3.05) is 42.5 Å². The highest BCUT2D eigenvalue weighted by Crippen LogP contribution is 2.20. The summed E-state index contributed by atoms with van der Waals surface area (Å²) in [5.41, 5.74) is 2.21. The van der Waals surface area contributed by atoms with Crippen molar-refractivity contribution in [3.8, 4) is 5.75 Å². The zero-order valence-electron chi connectivity index (χ0n) is 29.5. The van der Waals surface area contributed by atoms with E-state index >= 15 is 0 Å². The molecule has 1 atom stereocenters. The third-order valence-electron chi connectivity index (χ3n) is 5.60. The van der Waals surface area contributed by atoms with E-state index in [2.05, 4.69) is 34.1 Å². The average molecular weight is 602 g/mol. The van der Waals surface area contributed by atoms with E-state index in [-0.39, 0.29) is 23.2 Å². The second-order valence-electron chi connectivity index (χ2n) is 10.3. The SMILES string of the molecule is CC.CCC(C)/C(C=O)=C(\N=C(/C)N(C)C)NC(=O)c1ccccc1OC.COC.COC(C)(C)C.Cc1ccccc1. The van der Waals surface area contributed by atoms with Crippen LogP contribution in [0.2, 0.25) is 0 Å². The number of aliphatic imine (C=N–C) groups is 1. The summed E-state index contributed by atoms with van der Waals surface area (Å²) in [7, 11) is 10.2. The summed E-state index contributed by atoms with van der Waals surface area (Å²) in [6.45, 7) is 17.9. The monoisotopic (exact) mass is 601 g/mol. The molecule has 2 aromatic rings. The molecule has 1 amide bonds. The minimum Gasteiger partial charge on any atom is -0.496 e. The number of carbonyl (C=O) groups is 2. The van der Waals surface area contributed by atoms with E-state index in [0.717, 1.165) is 12.7 Å². The molecule has 2 aromatic carbocycles. The first-order valence-electron chi connectivity index (χ1n) is 14.6. The van der Waals surface area contributed by atoms with Crippen molar-refractivity contribution in [2.24, 2.45) is 10.9 Å². The van der Waals surface area contributed by atoms with Crippen molar-refractivity contribution in [2.45, 2.75) is 74.3 Å². The fraction of sp³-hybridized carbons (Fsp3) is 0.514. The smallest absolute Gasteiger partial charge is 0.260 e. The maximum atomic E-state index is 12.7. The van der Waals surface area contributed by atoms with E-state index in [9.17, 15) is 9.59 Å². The van der Waals surface area contributed by atoms with Gasteiger partial charge in [-0.15, -0.1) is 0 Å². The summed E-state index contributed by atoms with van der Waals surface area (Å²) in [6.07, 6.45) is 1.52. The highest BCUT2D eigenvalue weighted by molar-refractivity contribution is 5.98. The fourth-order valence-corrected chi connectivity index (χ4v) is 2.59. The van der Waals surface area contributed by atoms with Gasteiger partial charge in [0, 0.05) is 41.0 Å². The van der Waals surface area contributed by atoms with Crippen LogP contribution in [0.1, 0.15) is 77.7 Å². The molecule has 43 heavy (non-hydrogen) atoms. The maximum absolute atomic E-state index is 12.7. The molecular weight excluding hydrogens is 542 g/mol. The zero-order valence-corrected chi connectivity index (χ0v) is 29.5. The van der Waals surface area contributed by atoms with Crippen molar-refractivity contribution in [3.05, 3.63) is 77.1 Å². The Bertz CT molecular complexity index is 1060. The summed E-state index contributed by atoms with van der Waals surface area (Å²) >= 11 is 0. The number of carbonyl (C=O) groups excluding carboxylic acids is 2. The van der Waals surface area contributed by atoms with E-state index < -0.39 is 0 Å². The van der Waals surface area contributed by atoms with Crippen LogP contribution >= 0.6 is 0 Å². The van der Waals surface area contributed by atoms with Gasteiger partial charge in [0.05, 0.1) is 18.3 Å². The first-order valence-corrected chi connectivity index (χ1v) is 14.6. The molecule has 0 aromatic heterocycles. The standard InChI is InChI=1S/C19H27N3O3.C7H8.C5H12O.C2H6O.C2H6/c1-7-13(2)16(12-23)18(20-14(3)22(4)5)21-19(24)15-10-8-9-11-17(15)25-6;1-7-5-3-2-4-6-7;1-5(2,3)6-4;1-3-2;1-2/h8-13H,7H2,1-6H3,(H,21,24);2-6H,1H3;1-4H3;1-2H3;1-2H3/b18-16+,20-14+;;;;. The van der Waals surface area contributed by atoms with Gasteiger partial charge < -0.3 is 24.4 Å². The van der Waals surface area contributed by atoms with Gasteiger partial charge in [-0.1, -0.05) is 75.7 Å². The third-order valence-corrected chi connectivity index (χ3v) is 5.60. The molecule has 0 radical (unpaired) electrons. The van der Waals surface area contributed by atoms with Crippen LogP contribution < -0.4 is 10.1 Å². The lowest BCUT2D eigenvalue weighted by atomic mass is 9.99. The number of hydrogen-bond donors (Lipinski definition) is 1. The average Bonchev–Trinajstić information content (AvgIpc) is 2.99. The molecule has 0 saturated carbocycles. The van der Waals surface area contributed by atoms with Gasteiger partial charge in [-0.25, -0.2) is 4.99 Å². The number of ether oxygens (including phenoxy) is 3. The number of amidine groups is 1. The van der Waals surface area contributed by atoms with Crippen LogP contribution in [0.15, 0.2) is 71.0 Å². The molecule has 0 aliphatic carbocycles. The molecule has 0 aliphatic rings. The van der Waals surface area contributed by atoms with Gasteiger partial charge in [-0.2, -0.15) is 0 Å². The zero-order chi connectivity index (χ0) is 34.0. The Morgan fingerprint density at radius 2 is 1.44 bits per heavy atom. The van der Waals surface area contributed by atoms with E-state index in [1.165, 1.54) is 12.7 Å². The van der Waals surface area contributed by atoms with Crippen LogP contribution in [0.4, 0.5) is 0 Å². The number of aldehydes is 1. The number of aryl methyl sites for hydroxylation is 1.